The molecule has 2 heterocycles. The van der Waals surface area contributed by atoms with Gasteiger partial charge in [0.25, 0.3) is 0 Å². The monoisotopic (exact) mass is 482 g/mol. The molecule has 0 spiro atoms. The highest BCUT2D eigenvalue weighted by molar-refractivity contribution is 8.77. The molecule has 3 fully saturated rings. The lowest BCUT2D eigenvalue weighted by Gasteiger charge is -2.27. The van der Waals surface area contributed by atoms with Crippen molar-refractivity contribution in [3.8, 4) is 0 Å². The van der Waals surface area contributed by atoms with Gasteiger partial charge in [0.1, 0.15) is 0 Å². The third-order valence-corrected chi connectivity index (χ3v) is 10.3. The van der Waals surface area contributed by atoms with E-state index < -0.39 is 6.29 Å². The predicted octanol–water partition coefficient (Wildman–Crippen LogP) is 7.65. The number of carbonyl (C=O) groups excluding carboxylic acids is 1. The molecular formula is C26H42O4S2. The number of rotatable bonds is 14. The van der Waals surface area contributed by atoms with Crippen LogP contribution >= 0.6 is 21.6 Å². The molecule has 3 aliphatic rings. The van der Waals surface area contributed by atoms with Crippen molar-refractivity contribution in [3.63, 3.8) is 0 Å². The van der Waals surface area contributed by atoms with Crippen LogP contribution in [0.3, 0.4) is 0 Å². The molecule has 0 N–H and O–H groups in total. The Morgan fingerprint density at radius 2 is 1.97 bits per heavy atom. The highest BCUT2D eigenvalue weighted by Gasteiger charge is 2.47. The van der Waals surface area contributed by atoms with Gasteiger partial charge in [-0.2, -0.15) is 4.89 Å². The second-order valence-corrected chi connectivity index (χ2v) is 12.3. The van der Waals surface area contributed by atoms with Gasteiger partial charge in [0.15, 0.2) is 0 Å². The van der Waals surface area contributed by atoms with Gasteiger partial charge in [-0.3, -0.25) is 4.89 Å². The molecule has 2 saturated heterocycles. The van der Waals surface area contributed by atoms with Crippen molar-refractivity contribution in [3.05, 3.63) is 24.3 Å². The molecule has 2 bridgehead atoms. The van der Waals surface area contributed by atoms with Crippen molar-refractivity contribution < 1.29 is 19.3 Å². The minimum Gasteiger partial charge on any atom is -0.349 e. The van der Waals surface area contributed by atoms with Crippen LogP contribution in [0.1, 0.15) is 90.9 Å². The van der Waals surface area contributed by atoms with E-state index in [0.717, 1.165) is 60.9 Å². The lowest BCUT2D eigenvalue weighted by atomic mass is 9.91. The van der Waals surface area contributed by atoms with Crippen LogP contribution in [0.15, 0.2) is 24.3 Å². The first-order valence-electron chi connectivity index (χ1n) is 12.8. The van der Waals surface area contributed by atoms with Crippen LogP contribution in [0, 0.1) is 17.8 Å². The summed E-state index contributed by atoms with van der Waals surface area (Å²) < 4.78 is 5.43. The SMILES string of the molecule is CCCCCC/C=C/[C@@H]1[C@@H](C/C=C\CCC(C)C(=O)OOC2CCCCO2)[C@H]2C[C@@H]1SS2. The van der Waals surface area contributed by atoms with Crippen molar-refractivity contribution in [2.45, 2.75) is 108 Å². The number of carbonyl (C=O) groups is 1. The Balaban J connectivity index is 1.32. The second kappa shape index (κ2) is 14.7. The number of hydrogen-bond donors (Lipinski definition) is 0. The third-order valence-electron chi connectivity index (χ3n) is 6.87. The Morgan fingerprint density at radius 3 is 2.78 bits per heavy atom. The summed E-state index contributed by atoms with van der Waals surface area (Å²) in [6.07, 6.45) is 22.9. The zero-order chi connectivity index (χ0) is 22.6. The molecule has 0 amide bonds. The van der Waals surface area contributed by atoms with E-state index in [1.54, 1.807) is 0 Å². The zero-order valence-electron chi connectivity index (χ0n) is 19.9. The fourth-order valence-corrected chi connectivity index (χ4v) is 8.74. The molecule has 6 heteroatoms. The molecule has 1 aliphatic carbocycles. The normalized spacial score (nSPS) is 31.0. The quantitative estimate of drug-likeness (QED) is 0.0833. The van der Waals surface area contributed by atoms with Crippen LogP contribution in [-0.4, -0.2) is 29.4 Å². The molecule has 2 unspecified atom stereocenters. The maximum atomic E-state index is 12.1. The molecule has 0 aromatic heterocycles. The van der Waals surface area contributed by atoms with Gasteiger partial charge in [-0.05, 0) is 63.2 Å². The van der Waals surface area contributed by atoms with Crippen molar-refractivity contribution in [2.24, 2.45) is 17.8 Å². The second-order valence-electron chi connectivity index (χ2n) is 9.50. The van der Waals surface area contributed by atoms with Crippen LogP contribution < -0.4 is 0 Å². The minimum absolute atomic E-state index is 0.166. The Bertz CT molecular complexity index is 603. The molecule has 4 nitrogen and oxygen atoms in total. The molecule has 32 heavy (non-hydrogen) atoms. The summed E-state index contributed by atoms with van der Waals surface area (Å²) in [5, 5.41) is 1.61. The largest absolute Gasteiger partial charge is 0.349 e. The smallest absolute Gasteiger partial charge is 0.345 e. The summed E-state index contributed by atoms with van der Waals surface area (Å²) in [5.41, 5.74) is 0. The Morgan fingerprint density at radius 1 is 1.09 bits per heavy atom. The lowest BCUT2D eigenvalue weighted by Crippen LogP contribution is -2.25. The number of ether oxygens (including phenoxy) is 1. The first-order valence-corrected chi connectivity index (χ1v) is 15.1. The molecule has 0 aromatic rings. The van der Waals surface area contributed by atoms with Gasteiger partial charge < -0.3 is 4.74 Å². The number of hydrogen-bond acceptors (Lipinski definition) is 6. The minimum atomic E-state index is -0.393. The van der Waals surface area contributed by atoms with E-state index >= 15 is 0 Å². The van der Waals surface area contributed by atoms with Crippen LogP contribution in [0.2, 0.25) is 0 Å². The summed E-state index contributed by atoms with van der Waals surface area (Å²) in [6.45, 7) is 4.86. The van der Waals surface area contributed by atoms with Gasteiger partial charge in [-0.25, -0.2) is 4.79 Å². The highest BCUT2D eigenvalue weighted by Crippen LogP contribution is 2.59. The summed E-state index contributed by atoms with van der Waals surface area (Å²) in [5.74, 6) is 1.04. The fraction of sp³-hybridized carbons (Fsp3) is 0.808. The summed E-state index contributed by atoms with van der Waals surface area (Å²) in [4.78, 5) is 22.3. The van der Waals surface area contributed by atoms with Gasteiger partial charge in [0, 0.05) is 23.5 Å². The average Bonchev–Trinajstić information content (AvgIpc) is 3.42. The lowest BCUT2D eigenvalue weighted by molar-refractivity contribution is -0.360. The predicted molar refractivity (Wildman–Crippen MR) is 135 cm³/mol. The van der Waals surface area contributed by atoms with E-state index in [1.165, 1.54) is 38.5 Å². The first kappa shape index (κ1) is 26.2. The molecule has 0 aromatic carbocycles. The van der Waals surface area contributed by atoms with Crippen LogP contribution in [-0.2, 0) is 19.3 Å². The van der Waals surface area contributed by atoms with Crippen LogP contribution in [0.4, 0.5) is 0 Å². The summed E-state index contributed by atoms with van der Waals surface area (Å²) >= 11 is 0. The van der Waals surface area contributed by atoms with Crippen molar-refractivity contribution >= 4 is 27.6 Å². The van der Waals surface area contributed by atoms with Gasteiger partial charge in [0.05, 0.1) is 5.92 Å². The van der Waals surface area contributed by atoms with Crippen LogP contribution in [0.25, 0.3) is 0 Å². The fourth-order valence-electron chi connectivity index (χ4n) is 4.76. The molecule has 182 valence electrons. The topological polar surface area (TPSA) is 44.8 Å². The number of unbranched alkanes of at least 4 members (excludes halogenated alkanes) is 4. The van der Waals surface area contributed by atoms with Gasteiger partial charge in [-0.15, -0.1) is 0 Å². The summed E-state index contributed by atoms with van der Waals surface area (Å²) in [7, 11) is 4.22. The van der Waals surface area contributed by atoms with E-state index in [1.807, 2.05) is 6.92 Å². The summed E-state index contributed by atoms with van der Waals surface area (Å²) in [6, 6.07) is 0. The molecular weight excluding hydrogens is 440 g/mol. The first-order chi connectivity index (χ1) is 15.7. The zero-order valence-corrected chi connectivity index (χ0v) is 21.5. The molecule has 1 saturated carbocycles. The third kappa shape index (κ3) is 8.41. The van der Waals surface area contributed by atoms with E-state index in [0.29, 0.717) is 6.61 Å². The molecule has 0 radical (unpaired) electrons. The Kier molecular flexibility index (Phi) is 12.1. The average molecular weight is 483 g/mol. The maximum Gasteiger partial charge on any atom is 0.345 e. The van der Waals surface area contributed by atoms with E-state index in [9.17, 15) is 4.79 Å². The van der Waals surface area contributed by atoms with Gasteiger partial charge >= 0.3 is 5.97 Å². The maximum absolute atomic E-state index is 12.1. The van der Waals surface area contributed by atoms with E-state index in [2.05, 4.69) is 52.8 Å². The van der Waals surface area contributed by atoms with Crippen molar-refractivity contribution in [2.75, 3.05) is 6.61 Å². The van der Waals surface area contributed by atoms with Gasteiger partial charge in [0.2, 0.25) is 6.29 Å². The molecule has 3 rings (SSSR count). The van der Waals surface area contributed by atoms with Crippen molar-refractivity contribution in [1.29, 1.82) is 0 Å². The van der Waals surface area contributed by atoms with E-state index in [4.69, 9.17) is 14.5 Å². The standard InChI is InChI=1S/C26H42O4S2/c1-3-4-5-6-7-10-15-21-22(24-19-23(21)31-32-24)16-11-8-9-14-20(2)26(27)30-29-25-17-12-13-18-28-25/h8,10-11,15,20-25H,3-7,9,12-14,16-19H2,1-2H3/b11-8-,15-10+/t20?,21-,22-,23+,24-,25?/m1/s1. The number of fused-ring (bicyclic) bond motifs is 2. The molecule has 2 aliphatic heterocycles. The Labute approximate surface area is 203 Å². The molecule has 6 atom stereocenters. The van der Waals surface area contributed by atoms with Crippen molar-refractivity contribution in [1.82, 2.24) is 0 Å². The number of allylic oxidation sites excluding steroid dienone is 4. The van der Waals surface area contributed by atoms with E-state index in [-0.39, 0.29) is 11.9 Å². The Hall–Kier alpha value is -0.430. The van der Waals surface area contributed by atoms with Gasteiger partial charge in [-0.1, -0.05) is 79.0 Å². The van der Waals surface area contributed by atoms with Crippen LogP contribution in [0.5, 0.6) is 0 Å². The highest BCUT2D eigenvalue weighted by atomic mass is 33.1.